The van der Waals surface area contributed by atoms with Gasteiger partial charge in [-0.05, 0) is 268 Å². The summed E-state index contributed by atoms with van der Waals surface area (Å²) >= 11 is 0. The second-order valence-electron chi connectivity index (χ2n) is 48.9. The molecule has 2 aromatic heterocycles. The quantitative estimate of drug-likeness (QED) is 0.141. The Balaban J connectivity index is 1.08. The van der Waals surface area contributed by atoms with Gasteiger partial charge in [-0.1, -0.05) is 374 Å². The van der Waals surface area contributed by atoms with Crippen LogP contribution in [0.15, 0.2) is 243 Å². The van der Waals surface area contributed by atoms with Crippen molar-refractivity contribution >= 4 is 101 Å². The van der Waals surface area contributed by atoms with Crippen LogP contribution in [0, 0.1) is 0 Å². The highest BCUT2D eigenvalue weighted by Gasteiger charge is 2.47. The van der Waals surface area contributed by atoms with E-state index in [0.717, 1.165) is 34.1 Å². The topological polar surface area (TPSA) is 16.3 Å². The molecule has 0 N–H and O–H groups in total. The number of hydrogen-bond donors (Lipinski definition) is 0. The molecular formula is C122H139BN4. The summed E-state index contributed by atoms with van der Waals surface area (Å²) in [6.07, 6.45) is 0. The van der Waals surface area contributed by atoms with Crippen LogP contribution in [0.4, 0.5) is 34.1 Å². The van der Waals surface area contributed by atoms with E-state index in [1.165, 1.54) is 177 Å². The summed E-state index contributed by atoms with van der Waals surface area (Å²) in [5, 5.41) is 5.07. The Morgan fingerprint density at radius 2 is 0.465 bits per heavy atom. The van der Waals surface area contributed by atoms with Crippen molar-refractivity contribution in [2.75, 3.05) is 9.80 Å². The first kappa shape index (κ1) is 88.2. The summed E-state index contributed by atoms with van der Waals surface area (Å²) < 4.78 is 5.20. The Morgan fingerprint density at radius 1 is 0.189 bits per heavy atom. The summed E-state index contributed by atoms with van der Waals surface area (Å²) in [7, 11) is 0. The number of anilines is 6. The van der Waals surface area contributed by atoms with Gasteiger partial charge in [0.15, 0.2) is 0 Å². The molecule has 0 saturated heterocycles. The molecule has 15 aromatic rings. The standard InChI is InChI=1S/C122H139BN4/c1-112(2,3)76-44-54-97(121(28,29)30)89(64-76)74-42-52-87(85-38-34-36-40-95(85)119(22,23)24)105(62-74)126-107-72-83(124-101-58-46-78(114(7,8)9)66-91(101)92-67-79(115(10,11)12)47-59-102(92)124)50-56-99(107)123-100-57-51-84(125-103-60-48-80(116(13,14)15)68-93(103)94-69-81(117(16,17)18)49-61-104(94)125)73-108(100)127(110-71-82(118(19,20)21)70-109(126)111(110)123)106-63-75(43-53-88(106)86-39-35-37-41-96(86)120(25,26)27)90-65-77(113(4,5)6)45-55-98(90)122(31,32)33/h34-73H,1-33H3. The zero-order valence-electron chi connectivity index (χ0n) is 83.0. The monoisotopic (exact) mass is 1670 g/mol. The van der Waals surface area contributed by atoms with E-state index >= 15 is 0 Å². The summed E-state index contributed by atoms with van der Waals surface area (Å²) in [6.45, 7) is 78.2. The van der Waals surface area contributed by atoms with Gasteiger partial charge >= 0.3 is 0 Å². The lowest BCUT2D eigenvalue weighted by Gasteiger charge is -2.46. The van der Waals surface area contributed by atoms with Crippen LogP contribution >= 0.6 is 0 Å². The van der Waals surface area contributed by atoms with Crippen molar-refractivity contribution in [3.05, 3.63) is 304 Å². The first-order valence-electron chi connectivity index (χ1n) is 47.0. The predicted molar refractivity (Wildman–Crippen MR) is 557 cm³/mol. The Hall–Kier alpha value is -10.9. The fraction of sp³-hybridized carbons (Fsp3) is 0.361. The van der Waals surface area contributed by atoms with E-state index in [0.29, 0.717) is 0 Å². The Morgan fingerprint density at radius 3 is 0.756 bits per heavy atom. The molecule has 0 bridgehead atoms. The van der Waals surface area contributed by atoms with Gasteiger partial charge in [0.05, 0.1) is 33.4 Å². The van der Waals surface area contributed by atoms with Gasteiger partial charge in [-0.3, -0.25) is 0 Å². The third-order valence-corrected chi connectivity index (χ3v) is 28.0. The molecular weight excluding hydrogens is 1530 g/mol. The fourth-order valence-corrected chi connectivity index (χ4v) is 20.4. The lowest BCUT2D eigenvalue weighted by atomic mass is 9.33. The molecule has 650 valence electrons. The first-order chi connectivity index (χ1) is 58.9. The maximum atomic E-state index is 2.79. The van der Waals surface area contributed by atoms with E-state index in [2.05, 4.69) is 490 Å². The van der Waals surface area contributed by atoms with Crippen molar-refractivity contribution in [2.24, 2.45) is 0 Å². The molecule has 0 spiro atoms. The number of aromatic nitrogens is 2. The summed E-state index contributed by atoms with van der Waals surface area (Å²) in [4.78, 5) is 5.59. The largest absolute Gasteiger partial charge is 0.311 e. The van der Waals surface area contributed by atoms with Crippen molar-refractivity contribution in [2.45, 2.75) is 288 Å². The average Bonchev–Trinajstić information content (AvgIpc) is 1.52. The molecule has 0 atom stereocenters. The Bertz CT molecular complexity index is 6410. The van der Waals surface area contributed by atoms with Crippen LogP contribution in [0.5, 0.6) is 0 Å². The van der Waals surface area contributed by atoms with Gasteiger partial charge in [-0.25, -0.2) is 0 Å². The van der Waals surface area contributed by atoms with Gasteiger partial charge in [0.1, 0.15) is 0 Å². The average molecular weight is 1670 g/mol. The molecule has 2 aliphatic rings. The molecule has 0 radical (unpaired) electrons. The molecule has 5 heteroatoms. The van der Waals surface area contributed by atoms with Gasteiger partial charge in [0.25, 0.3) is 6.71 Å². The molecule has 0 saturated carbocycles. The van der Waals surface area contributed by atoms with Crippen LogP contribution in [0.25, 0.3) is 99.5 Å². The lowest BCUT2D eigenvalue weighted by molar-refractivity contribution is 0.578. The van der Waals surface area contributed by atoms with Crippen molar-refractivity contribution in [1.29, 1.82) is 0 Å². The van der Waals surface area contributed by atoms with E-state index < -0.39 is 0 Å². The van der Waals surface area contributed by atoms with Crippen molar-refractivity contribution < 1.29 is 0 Å². The normalized spacial score (nSPS) is 14.0. The van der Waals surface area contributed by atoms with Gasteiger partial charge in [-0.15, -0.1) is 0 Å². The maximum Gasteiger partial charge on any atom is 0.252 e. The molecule has 0 aliphatic carbocycles. The van der Waals surface area contributed by atoms with Crippen LogP contribution in [0.2, 0.25) is 0 Å². The number of benzene rings is 13. The van der Waals surface area contributed by atoms with E-state index in [1.54, 1.807) is 0 Å². The highest BCUT2D eigenvalue weighted by atomic mass is 15.2. The summed E-state index contributed by atoms with van der Waals surface area (Å²) in [6, 6.07) is 98.4. The van der Waals surface area contributed by atoms with E-state index in [-0.39, 0.29) is 66.3 Å². The smallest absolute Gasteiger partial charge is 0.252 e. The highest BCUT2D eigenvalue weighted by Crippen LogP contribution is 2.56. The zero-order chi connectivity index (χ0) is 91.6. The van der Waals surface area contributed by atoms with Gasteiger partial charge in [-0.2, -0.15) is 0 Å². The molecule has 0 amide bonds. The molecule has 4 nitrogen and oxygen atoms in total. The van der Waals surface area contributed by atoms with Gasteiger partial charge < -0.3 is 18.9 Å². The minimum Gasteiger partial charge on any atom is -0.311 e. The van der Waals surface area contributed by atoms with E-state index in [1.807, 2.05) is 0 Å². The lowest BCUT2D eigenvalue weighted by Crippen LogP contribution is -2.61. The summed E-state index contributed by atoms with van der Waals surface area (Å²) in [5.41, 5.74) is 40.0. The number of hydrogen-bond acceptors (Lipinski definition) is 2. The molecule has 13 aromatic carbocycles. The number of rotatable bonds is 8. The second-order valence-corrected chi connectivity index (χ2v) is 48.9. The first-order valence-corrected chi connectivity index (χ1v) is 47.0. The minimum atomic E-state index is -0.374. The van der Waals surface area contributed by atoms with Crippen molar-refractivity contribution in [3.63, 3.8) is 0 Å². The Kier molecular flexibility index (Phi) is 20.7. The molecule has 0 unspecified atom stereocenters. The molecule has 17 rings (SSSR count). The van der Waals surface area contributed by atoms with Gasteiger partial charge in [0.2, 0.25) is 0 Å². The van der Waals surface area contributed by atoms with Crippen molar-refractivity contribution in [3.8, 4) is 55.9 Å². The minimum absolute atomic E-state index is 0.0776. The third kappa shape index (κ3) is 15.6. The van der Waals surface area contributed by atoms with Crippen molar-refractivity contribution in [1.82, 2.24) is 9.13 Å². The molecule has 2 aliphatic heterocycles. The fourth-order valence-electron chi connectivity index (χ4n) is 20.4. The van der Waals surface area contributed by atoms with Gasteiger partial charge in [0, 0.05) is 66.8 Å². The molecule has 4 heterocycles. The van der Waals surface area contributed by atoms with Crippen LogP contribution in [0.3, 0.4) is 0 Å². The van der Waals surface area contributed by atoms with Crippen LogP contribution in [-0.2, 0) is 59.6 Å². The number of nitrogens with zero attached hydrogens (tertiary/aromatic N) is 4. The zero-order valence-corrected chi connectivity index (χ0v) is 83.0. The third-order valence-electron chi connectivity index (χ3n) is 28.0. The van der Waals surface area contributed by atoms with Crippen LogP contribution in [-0.4, -0.2) is 15.8 Å². The van der Waals surface area contributed by atoms with Crippen LogP contribution < -0.4 is 26.2 Å². The Labute approximate surface area is 762 Å². The SMILES string of the molecule is CC(C)(C)c1ccc(C(C)(C)C)c(-c2ccc(-c3ccccc3C(C)(C)C)c(N3c4cc(-n5c6ccc(C(C)(C)C)cc6c6cc(C(C)(C)C)ccc65)ccc4B4c5ccc(-n6c7ccc(C(C)(C)C)cc7c7cc(C(C)(C)C)ccc76)cc5N(c5cc(-c6cc(C(C)(C)C)ccc6C(C)(C)C)ccc5-c5ccccc5C(C)(C)C)c5cc(C(C)(C)C)cc3c54)c2)c1. The highest BCUT2D eigenvalue weighted by molar-refractivity contribution is 7.00. The molecule has 0 fully saturated rings. The summed E-state index contributed by atoms with van der Waals surface area (Å²) in [5.74, 6) is 0. The van der Waals surface area contributed by atoms with E-state index in [9.17, 15) is 0 Å². The maximum absolute atomic E-state index is 2.79. The van der Waals surface area contributed by atoms with E-state index in [4.69, 9.17) is 0 Å². The number of fused-ring (bicyclic) bond motifs is 10. The van der Waals surface area contributed by atoms with Crippen LogP contribution in [0.1, 0.15) is 290 Å². The molecule has 127 heavy (non-hydrogen) atoms. The second kappa shape index (κ2) is 29.9. The predicted octanol–water partition coefficient (Wildman–Crippen LogP) is 32.9.